The predicted molar refractivity (Wildman–Crippen MR) is 98.6 cm³/mol. The number of quaternary nitrogens is 1. The predicted octanol–water partition coefficient (Wildman–Crippen LogP) is 1.09. The molecule has 1 fully saturated rings. The number of piperazine rings is 1. The van der Waals surface area contributed by atoms with E-state index in [1.807, 2.05) is 12.1 Å². The molecule has 2 aromatic rings. The Hall–Kier alpha value is -2.31. The second-order valence-electron chi connectivity index (χ2n) is 6.00. The molecule has 2 N–H and O–H groups in total. The number of ether oxygens (including phenoxy) is 1. The highest BCUT2D eigenvalue weighted by atomic mass is 35.5. The fourth-order valence-corrected chi connectivity index (χ4v) is 3.12. The van der Waals surface area contributed by atoms with Crippen LogP contribution in [0.1, 0.15) is 0 Å². The number of hydrogen-bond donors (Lipinski definition) is 2. The molecule has 2 heterocycles. The lowest BCUT2D eigenvalue weighted by Crippen LogP contribution is -3.15. The number of amides is 1. The molecule has 0 saturated carbocycles. The third kappa shape index (κ3) is 4.61. The molecule has 1 aliphatic heterocycles. The number of nitrogens with one attached hydrogen (secondary N) is 2. The van der Waals surface area contributed by atoms with E-state index < -0.39 is 0 Å². The average molecular weight is 362 g/mol. The summed E-state index contributed by atoms with van der Waals surface area (Å²) in [7, 11) is 1.67. The summed E-state index contributed by atoms with van der Waals surface area (Å²) < 4.78 is 5.19. The van der Waals surface area contributed by atoms with Gasteiger partial charge in [-0.1, -0.05) is 11.6 Å². The molecule has 6 nitrogen and oxygen atoms in total. The van der Waals surface area contributed by atoms with Crippen LogP contribution in [0.3, 0.4) is 0 Å². The number of anilines is 2. The third-order valence-electron chi connectivity index (χ3n) is 4.35. The zero-order valence-corrected chi connectivity index (χ0v) is 14.9. The minimum absolute atomic E-state index is 0.0391. The van der Waals surface area contributed by atoms with Crippen LogP contribution in [0.2, 0.25) is 5.15 Å². The smallest absolute Gasteiger partial charge is 0.279 e. The number of pyridine rings is 1. The molecule has 1 aromatic heterocycles. The number of halogens is 1. The van der Waals surface area contributed by atoms with E-state index in [0.29, 0.717) is 17.4 Å². The topological polar surface area (TPSA) is 58.9 Å². The molecule has 1 saturated heterocycles. The third-order valence-corrected chi connectivity index (χ3v) is 4.65. The Morgan fingerprint density at radius 1 is 1.28 bits per heavy atom. The number of methoxy groups -OCH3 is 1. The number of carbonyl (C=O) groups is 1. The van der Waals surface area contributed by atoms with Crippen LogP contribution in [0.25, 0.3) is 0 Å². The minimum Gasteiger partial charge on any atom is -0.497 e. The van der Waals surface area contributed by atoms with Crippen LogP contribution in [-0.2, 0) is 4.79 Å². The van der Waals surface area contributed by atoms with Gasteiger partial charge in [0.15, 0.2) is 11.7 Å². The molecule has 0 atom stereocenters. The molecule has 0 radical (unpaired) electrons. The van der Waals surface area contributed by atoms with Crippen molar-refractivity contribution in [3.8, 4) is 5.75 Å². The van der Waals surface area contributed by atoms with Crippen molar-refractivity contribution in [1.82, 2.24) is 4.98 Å². The molecule has 0 bridgehead atoms. The quantitative estimate of drug-likeness (QED) is 0.783. The van der Waals surface area contributed by atoms with E-state index in [1.54, 1.807) is 25.4 Å². The molecule has 0 unspecified atom stereocenters. The highest BCUT2D eigenvalue weighted by Gasteiger charge is 2.22. The monoisotopic (exact) mass is 361 g/mol. The fraction of sp³-hybridized carbons (Fsp3) is 0.333. The summed E-state index contributed by atoms with van der Waals surface area (Å²) in [4.78, 5) is 19.8. The van der Waals surface area contributed by atoms with E-state index in [9.17, 15) is 4.79 Å². The Labute approximate surface area is 152 Å². The highest BCUT2D eigenvalue weighted by molar-refractivity contribution is 6.32. The van der Waals surface area contributed by atoms with Gasteiger partial charge in [-0.2, -0.15) is 0 Å². The number of nitrogens with zero attached hydrogens (tertiary/aromatic N) is 2. The molecule has 0 aliphatic carbocycles. The van der Waals surface area contributed by atoms with Crippen LogP contribution in [0.5, 0.6) is 5.75 Å². The SMILES string of the molecule is COc1ccc(N2CC[NH+](CC(=O)Nc3cccnc3Cl)CC2)cc1. The van der Waals surface area contributed by atoms with Gasteiger partial charge in [-0.25, -0.2) is 4.98 Å². The van der Waals surface area contributed by atoms with E-state index in [2.05, 4.69) is 27.3 Å². The summed E-state index contributed by atoms with van der Waals surface area (Å²) in [6, 6.07) is 11.6. The maximum absolute atomic E-state index is 12.2. The van der Waals surface area contributed by atoms with Crippen LogP contribution in [0, 0.1) is 0 Å². The van der Waals surface area contributed by atoms with Gasteiger partial charge in [0.1, 0.15) is 5.75 Å². The Bertz CT molecular complexity index is 715. The summed E-state index contributed by atoms with van der Waals surface area (Å²) in [6.45, 7) is 4.10. The Morgan fingerprint density at radius 2 is 2.00 bits per heavy atom. The van der Waals surface area contributed by atoms with Crippen molar-refractivity contribution in [2.24, 2.45) is 0 Å². The molecule has 3 rings (SSSR count). The van der Waals surface area contributed by atoms with Gasteiger partial charge in [-0.15, -0.1) is 0 Å². The second kappa shape index (κ2) is 8.18. The lowest BCUT2D eigenvalue weighted by molar-refractivity contribution is -0.892. The van der Waals surface area contributed by atoms with Crippen LogP contribution in [0.4, 0.5) is 11.4 Å². The Balaban J connectivity index is 1.48. The van der Waals surface area contributed by atoms with Gasteiger partial charge in [0.05, 0.1) is 39.0 Å². The zero-order chi connectivity index (χ0) is 17.6. The summed E-state index contributed by atoms with van der Waals surface area (Å²) in [6.07, 6.45) is 1.60. The molecule has 132 valence electrons. The molecule has 1 aromatic carbocycles. The van der Waals surface area contributed by atoms with Gasteiger partial charge in [-0.05, 0) is 36.4 Å². The lowest BCUT2D eigenvalue weighted by Gasteiger charge is -2.33. The first kappa shape index (κ1) is 17.5. The van der Waals surface area contributed by atoms with E-state index in [-0.39, 0.29) is 5.91 Å². The van der Waals surface area contributed by atoms with Crippen molar-refractivity contribution in [3.05, 3.63) is 47.7 Å². The average Bonchev–Trinajstić information content (AvgIpc) is 2.64. The van der Waals surface area contributed by atoms with Gasteiger partial charge >= 0.3 is 0 Å². The standard InChI is InChI=1S/C18H21ClN4O2/c1-25-15-6-4-14(5-7-15)23-11-9-22(10-12-23)13-17(24)21-16-3-2-8-20-18(16)19/h2-8H,9-13H2,1H3,(H,21,24)/p+1. The van der Waals surface area contributed by atoms with E-state index >= 15 is 0 Å². The number of benzene rings is 1. The number of hydrogen-bond acceptors (Lipinski definition) is 4. The maximum atomic E-state index is 12.2. The van der Waals surface area contributed by atoms with Gasteiger partial charge < -0.3 is 19.9 Å². The largest absolute Gasteiger partial charge is 0.497 e. The molecule has 25 heavy (non-hydrogen) atoms. The molecular formula is C18H22ClN4O2+. The first-order valence-corrected chi connectivity index (χ1v) is 8.66. The number of rotatable bonds is 5. The van der Waals surface area contributed by atoms with Gasteiger partial charge in [0, 0.05) is 11.9 Å². The first-order chi connectivity index (χ1) is 12.2. The minimum atomic E-state index is -0.0391. The molecule has 1 aliphatic rings. The first-order valence-electron chi connectivity index (χ1n) is 8.28. The Kier molecular flexibility index (Phi) is 5.73. The Morgan fingerprint density at radius 3 is 2.64 bits per heavy atom. The number of aromatic nitrogens is 1. The second-order valence-corrected chi connectivity index (χ2v) is 6.36. The summed E-state index contributed by atoms with van der Waals surface area (Å²) in [5, 5.41) is 3.15. The number of carbonyl (C=O) groups excluding carboxylic acids is 1. The van der Waals surface area contributed by atoms with E-state index in [4.69, 9.17) is 16.3 Å². The zero-order valence-electron chi connectivity index (χ0n) is 14.2. The van der Waals surface area contributed by atoms with Crippen molar-refractivity contribution < 1.29 is 14.4 Å². The summed E-state index contributed by atoms with van der Waals surface area (Å²) in [5.41, 5.74) is 1.75. The lowest BCUT2D eigenvalue weighted by atomic mass is 10.2. The van der Waals surface area contributed by atoms with Gasteiger partial charge in [-0.3, -0.25) is 4.79 Å². The van der Waals surface area contributed by atoms with Crippen molar-refractivity contribution in [3.63, 3.8) is 0 Å². The molecular weight excluding hydrogens is 340 g/mol. The van der Waals surface area contributed by atoms with E-state index in [0.717, 1.165) is 31.9 Å². The highest BCUT2D eigenvalue weighted by Crippen LogP contribution is 2.19. The van der Waals surface area contributed by atoms with Crippen LogP contribution < -0.4 is 19.9 Å². The molecule has 7 heteroatoms. The summed E-state index contributed by atoms with van der Waals surface area (Å²) in [5.74, 6) is 0.821. The molecule has 1 amide bonds. The van der Waals surface area contributed by atoms with E-state index in [1.165, 1.54) is 10.6 Å². The van der Waals surface area contributed by atoms with Gasteiger partial charge in [0.25, 0.3) is 5.91 Å². The molecule has 0 spiro atoms. The van der Waals surface area contributed by atoms with Crippen molar-refractivity contribution >= 4 is 28.9 Å². The summed E-state index contributed by atoms with van der Waals surface area (Å²) >= 11 is 5.97. The van der Waals surface area contributed by atoms with Crippen LogP contribution in [-0.4, -0.2) is 50.7 Å². The van der Waals surface area contributed by atoms with Gasteiger partial charge in [0.2, 0.25) is 0 Å². The van der Waals surface area contributed by atoms with Crippen LogP contribution >= 0.6 is 11.6 Å². The van der Waals surface area contributed by atoms with Crippen molar-refractivity contribution in [2.45, 2.75) is 0 Å². The van der Waals surface area contributed by atoms with Crippen molar-refractivity contribution in [1.29, 1.82) is 0 Å². The fourth-order valence-electron chi connectivity index (χ4n) is 2.95. The normalized spacial score (nSPS) is 15.0. The maximum Gasteiger partial charge on any atom is 0.279 e. The van der Waals surface area contributed by atoms with Crippen LogP contribution in [0.15, 0.2) is 42.6 Å². The van der Waals surface area contributed by atoms with Crippen molar-refractivity contribution in [2.75, 3.05) is 50.1 Å².